The van der Waals surface area contributed by atoms with Gasteiger partial charge in [0.25, 0.3) is 0 Å². The van der Waals surface area contributed by atoms with Crippen LogP contribution in [0.25, 0.3) is 5.69 Å². The molecule has 1 N–H and O–H groups in total. The molecule has 3 aromatic heterocycles. The fourth-order valence-electron chi connectivity index (χ4n) is 4.95. The van der Waals surface area contributed by atoms with Crippen LogP contribution in [-0.4, -0.2) is 24.5 Å². The number of rotatable bonds is 5. The van der Waals surface area contributed by atoms with E-state index in [-0.39, 0.29) is 17.8 Å². The molecule has 0 saturated carbocycles. The molecule has 9 heteroatoms. The van der Waals surface area contributed by atoms with Gasteiger partial charge in [-0.1, -0.05) is 24.3 Å². The first kappa shape index (κ1) is 24.0. The smallest absolute Gasteiger partial charge is 0.352 e. The summed E-state index contributed by atoms with van der Waals surface area (Å²) in [5, 5.41) is 3.94. The van der Waals surface area contributed by atoms with Gasteiger partial charge in [-0.25, -0.2) is 0 Å². The molecule has 0 amide bonds. The van der Waals surface area contributed by atoms with Crippen molar-refractivity contribution in [3.05, 3.63) is 113 Å². The molecule has 1 aromatic carbocycles. The van der Waals surface area contributed by atoms with Crippen LogP contribution < -0.4 is 5.32 Å². The summed E-state index contributed by atoms with van der Waals surface area (Å²) in [5.41, 5.74) is 3.36. The number of halogens is 3. The fourth-order valence-corrected chi connectivity index (χ4v) is 5.25. The summed E-state index contributed by atoms with van der Waals surface area (Å²) in [5.74, 6) is 0. The van der Waals surface area contributed by atoms with Gasteiger partial charge in [0.1, 0.15) is 0 Å². The second kappa shape index (κ2) is 9.39. The highest BCUT2D eigenvalue weighted by Gasteiger charge is 2.42. The van der Waals surface area contributed by atoms with E-state index in [0.29, 0.717) is 23.0 Å². The molecule has 36 heavy (non-hydrogen) atoms. The molecule has 4 aromatic rings. The minimum absolute atomic E-state index is 0.102. The number of pyridine rings is 2. The van der Waals surface area contributed by atoms with Crippen molar-refractivity contribution in [3.8, 4) is 5.69 Å². The normalized spacial score (nSPS) is 17.9. The van der Waals surface area contributed by atoms with E-state index in [1.807, 2.05) is 61.2 Å². The lowest BCUT2D eigenvalue weighted by Crippen LogP contribution is -2.29. The van der Waals surface area contributed by atoms with Crippen LogP contribution in [0.2, 0.25) is 0 Å². The Hall–Kier alpha value is -3.72. The van der Waals surface area contributed by atoms with Gasteiger partial charge >= 0.3 is 6.18 Å². The van der Waals surface area contributed by atoms with E-state index in [4.69, 9.17) is 12.2 Å². The summed E-state index contributed by atoms with van der Waals surface area (Å²) < 4.78 is 43.3. The largest absolute Gasteiger partial charge is 0.418 e. The number of para-hydroxylation sites is 1. The molecular formula is C27H24F3N5S. The molecule has 5 nitrogen and oxygen atoms in total. The Kier molecular flexibility index (Phi) is 6.26. The highest BCUT2D eigenvalue weighted by Crippen LogP contribution is 2.43. The van der Waals surface area contributed by atoms with Gasteiger partial charge in [-0.05, 0) is 74.1 Å². The Labute approximate surface area is 212 Å². The predicted octanol–water partition coefficient (Wildman–Crippen LogP) is 6.08. The third-order valence-electron chi connectivity index (χ3n) is 6.50. The molecular weight excluding hydrogens is 483 g/mol. The summed E-state index contributed by atoms with van der Waals surface area (Å²) in [7, 11) is 0. The van der Waals surface area contributed by atoms with Crippen LogP contribution in [0.4, 0.5) is 13.2 Å². The van der Waals surface area contributed by atoms with Gasteiger partial charge < -0.3 is 14.8 Å². The minimum atomic E-state index is -4.47. The van der Waals surface area contributed by atoms with Crippen molar-refractivity contribution < 1.29 is 13.2 Å². The molecule has 0 aliphatic carbocycles. The van der Waals surface area contributed by atoms with Crippen LogP contribution in [0.3, 0.4) is 0 Å². The number of hydrogen-bond donors (Lipinski definition) is 1. The Morgan fingerprint density at radius 3 is 2.31 bits per heavy atom. The zero-order chi connectivity index (χ0) is 25.4. The number of benzene rings is 1. The molecule has 0 bridgehead atoms. The highest BCUT2D eigenvalue weighted by atomic mass is 32.1. The van der Waals surface area contributed by atoms with E-state index >= 15 is 0 Å². The highest BCUT2D eigenvalue weighted by molar-refractivity contribution is 7.80. The number of hydrogen-bond acceptors (Lipinski definition) is 3. The molecule has 0 unspecified atom stereocenters. The summed E-state index contributed by atoms with van der Waals surface area (Å²) in [6.07, 6.45) is -1.02. The number of nitrogens with one attached hydrogen (secondary N) is 1. The number of thiocarbonyl (C=S) groups is 1. The van der Waals surface area contributed by atoms with Crippen molar-refractivity contribution >= 4 is 17.3 Å². The first-order valence-electron chi connectivity index (χ1n) is 11.5. The third kappa shape index (κ3) is 4.35. The quantitative estimate of drug-likeness (QED) is 0.332. The molecule has 1 aliphatic heterocycles. The van der Waals surface area contributed by atoms with E-state index in [0.717, 1.165) is 23.0 Å². The minimum Gasteiger partial charge on any atom is -0.352 e. The molecule has 1 aliphatic rings. The first-order valence-corrected chi connectivity index (χ1v) is 11.9. The number of aromatic nitrogens is 3. The van der Waals surface area contributed by atoms with Gasteiger partial charge in [0, 0.05) is 23.8 Å². The van der Waals surface area contributed by atoms with E-state index in [2.05, 4.69) is 15.3 Å². The van der Waals surface area contributed by atoms with Gasteiger partial charge in [0.15, 0.2) is 5.11 Å². The van der Waals surface area contributed by atoms with E-state index in [1.54, 1.807) is 23.0 Å². The van der Waals surface area contributed by atoms with Crippen LogP contribution in [0.5, 0.6) is 0 Å². The van der Waals surface area contributed by atoms with Crippen LogP contribution in [0.1, 0.15) is 46.0 Å². The van der Waals surface area contributed by atoms with Gasteiger partial charge in [0.05, 0.1) is 41.3 Å². The lowest BCUT2D eigenvalue weighted by Gasteiger charge is -2.28. The van der Waals surface area contributed by atoms with Gasteiger partial charge in [0.2, 0.25) is 0 Å². The van der Waals surface area contributed by atoms with Crippen molar-refractivity contribution in [1.82, 2.24) is 24.8 Å². The second-order valence-electron chi connectivity index (χ2n) is 8.75. The van der Waals surface area contributed by atoms with E-state index in [9.17, 15) is 13.2 Å². The average molecular weight is 508 g/mol. The SMILES string of the molecule is Cc1cc([C@H]2[C@H](c3ccccn3)NC(=S)N2Cc2ccccn2)c(C)n1-c1ccccc1C(F)(F)F. The van der Waals surface area contributed by atoms with Crippen molar-refractivity contribution in [2.24, 2.45) is 0 Å². The zero-order valence-electron chi connectivity index (χ0n) is 19.7. The summed E-state index contributed by atoms with van der Waals surface area (Å²) in [4.78, 5) is 11.1. The van der Waals surface area contributed by atoms with Crippen LogP contribution in [0, 0.1) is 13.8 Å². The maximum absolute atomic E-state index is 13.9. The van der Waals surface area contributed by atoms with Crippen LogP contribution in [-0.2, 0) is 12.7 Å². The molecule has 2 atom stereocenters. The number of nitrogens with zero attached hydrogens (tertiary/aromatic N) is 4. The van der Waals surface area contributed by atoms with Crippen LogP contribution in [0.15, 0.2) is 79.1 Å². The Bertz CT molecular complexity index is 1390. The first-order chi connectivity index (χ1) is 17.3. The maximum Gasteiger partial charge on any atom is 0.418 e. The van der Waals surface area contributed by atoms with Crippen molar-refractivity contribution in [1.29, 1.82) is 0 Å². The van der Waals surface area contributed by atoms with Crippen molar-refractivity contribution in [3.63, 3.8) is 0 Å². The lowest BCUT2D eigenvalue weighted by atomic mass is 9.96. The van der Waals surface area contributed by atoms with E-state index in [1.165, 1.54) is 12.1 Å². The number of alkyl halides is 3. The Morgan fingerprint density at radius 1 is 0.944 bits per heavy atom. The standard InChI is InChI=1S/C27H24F3N5S/c1-17-15-20(18(2)35(17)23-12-4-3-10-21(23)27(28,29)30)25-24(22-11-6-8-14-32-22)33-26(36)34(25)16-19-9-5-7-13-31-19/h3-15,24-25H,16H2,1-2H3,(H,33,36)/t24-,25-/m0/s1. The predicted molar refractivity (Wildman–Crippen MR) is 135 cm³/mol. The number of aryl methyl sites for hydroxylation is 1. The van der Waals surface area contributed by atoms with Gasteiger partial charge in [-0.3, -0.25) is 9.97 Å². The van der Waals surface area contributed by atoms with E-state index < -0.39 is 11.7 Å². The monoisotopic (exact) mass is 507 g/mol. The molecule has 0 radical (unpaired) electrons. The molecule has 184 valence electrons. The van der Waals surface area contributed by atoms with Gasteiger partial charge in [-0.2, -0.15) is 13.2 Å². The topological polar surface area (TPSA) is 46.0 Å². The van der Waals surface area contributed by atoms with Crippen molar-refractivity contribution in [2.75, 3.05) is 0 Å². The Balaban J connectivity index is 1.65. The van der Waals surface area contributed by atoms with Crippen molar-refractivity contribution in [2.45, 2.75) is 38.7 Å². The average Bonchev–Trinajstić information content (AvgIpc) is 3.34. The fraction of sp³-hybridized carbons (Fsp3) is 0.222. The molecule has 1 saturated heterocycles. The lowest BCUT2D eigenvalue weighted by molar-refractivity contribution is -0.137. The van der Waals surface area contributed by atoms with Gasteiger partial charge in [-0.15, -0.1) is 0 Å². The molecule has 0 spiro atoms. The second-order valence-corrected chi connectivity index (χ2v) is 9.14. The summed E-state index contributed by atoms with van der Waals surface area (Å²) in [6.45, 7) is 4.12. The summed E-state index contributed by atoms with van der Waals surface area (Å²) in [6, 6.07) is 18.4. The zero-order valence-corrected chi connectivity index (χ0v) is 20.5. The molecule has 5 rings (SSSR count). The molecule has 4 heterocycles. The summed E-state index contributed by atoms with van der Waals surface area (Å²) >= 11 is 5.74. The third-order valence-corrected chi connectivity index (χ3v) is 6.85. The Morgan fingerprint density at radius 2 is 1.64 bits per heavy atom. The van der Waals surface area contributed by atoms with Crippen LogP contribution >= 0.6 is 12.2 Å². The maximum atomic E-state index is 13.9. The molecule has 1 fully saturated rings.